The quantitative estimate of drug-likeness (QED) is 0.603. The minimum Gasteiger partial charge on any atom is -0.493 e. The highest BCUT2D eigenvalue weighted by Crippen LogP contribution is 2.42. The first kappa shape index (κ1) is 14.4. The van der Waals surface area contributed by atoms with Crippen LogP contribution in [0.25, 0.3) is 0 Å². The third-order valence-electron chi connectivity index (χ3n) is 3.32. The highest BCUT2D eigenvalue weighted by atomic mass is 16.6. The van der Waals surface area contributed by atoms with Gasteiger partial charge in [0.15, 0.2) is 11.5 Å². The molecule has 1 aromatic carbocycles. The Hall–Kier alpha value is -2.02. The van der Waals surface area contributed by atoms with Crippen LogP contribution in [0.3, 0.4) is 0 Å². The van der Waals surface area contributed by atoms with Gasteiger partial charge in [0.1, 0.15) is 5.69 Å². The molecule has 0 radical (unpaired) electrons. The molecule has 0 bridgehead atoms. The predicted octanol–water partition coefficient (Wildman–Crippen LogP) is 1.57. The van der Waals surface area contributed by atoms with E-state index in [1.807, 2.05) is 4.90 Å². The highest BCUT2D eigenvalue weighted by Gasteiger charge is 2.33. The first-order chi connectivity index (χ1) is 9.62. The first-order valence-electron chi connectivity index (χ1n) is 6.40. The number of ether oxygens (including phenoxy) is 2. The lowest BCUT2D eigenvalue weighted by molar-refractivity contribution is -0.384. The van der Waals surface area contributed by atoms with E-state index in [-0.39, 0.29) is 18.3 Å². The van der Waals surface area contributed by atoms with Gasteiger partial charge >= 0.3 is 0 Å². The van der Waals surface area contributed by atoms with Crippen molar-refractivity contribution in [3.8, 4) is 11.5 Å². The van der Waals surface area contributed by atoms with Gasteiger partial charge in [-0.25, -0.2) is 0 Å². The van der Waals surface area contributed by atoms with Crippen molar-refractivity contribution in [2.45, 2.75) is 18.9 Å². The lowest BCUT2D eigenvalue weighted by atomic mass is 10.2. The SMILES string of the molecule is COc1cc(N(CCO)C2CC2)c([N+](=O)[O-])cc1OC. The summed E-state index contributed by atoms with van der Waals surface area (Å²) in [5, 5.41) is 20.4. The molecule has 0 unspecified atom stereocenters. The topological polar surface area (TPSA) is 85.1 Å². The maximum Gasteiger partial charge on any atom is 0.296 e. The largest absolute Gasteiger partial charge is 0.493 e. The number of nitro benzene ring substituents is 1. The summed E-state index contributed by atoms with van der Waals surface area (Å²) in [5.74, 6) is 0.763. The standard InChI is InChI=1S/C13H18N2O5/c1-19-12-7-10(14(5-6-16)9-3-4-9)11(15(17)18)8-13(12)20-2/h7-9,16H,3-6H2,1-2H3. The molecule has 0 aliphatic heterocycles. The van der Waals surface area contributed by atoms with Crippen molar-refractivity contribution < 1.29 is 19.5 Å². The van der Waals surface area contributed by atoms with Crippen molar-refractivity contribution in [3.05, 3.63) is 22.2 Å². The fourth-order valence-corrected chi connectivity index (χ4v) is 2.23. The van der Waals surface area contributed by atoms with Crippen LogP contribution in [0, 0.1) is 10.1 Å². The molecular formula is C13H18N2O5. The molecule has 7 nitrogen and oxygen atoms in total. The highest BCUT2D eigenvalue weighted by molar-refractivity contribution is 5.70. The molecular weight excluding hydrogens is 264 g/mol. The van der Waals surface area contributed by atoms with Crippen molar-refractivity contribution >= 4 is 11.4 Å². The van der Waals surface area contributed by atoms with Crippen LogP contribution in [-0.4, -0.2) is 43.4 Å². The van der Waals surface area contributed by atoms with Crippen LogP contribution in [0.4, 0.5) is 11.4 Å². The van der Waals surface area contributed by atoms with Gasteiger partial charge in [0.2, 0.25) is 0 Å². The van der Waals surface area contributed by atoms with E-state index in [1.54, 1.807) is 6.07 Å². The van der Waals surface area contributed by atoms with Gasteiger partial charge in [-0.05, 0) is 12.8 Å². The van der Waals surface area contributed by atoms with Crippen molar-refractivity contribution in [2.24, 2.45) is 0 Å². The summed E-state index contributed by atoms with van der Waals surface area (Å²) < 4.78 is 10.3. The third-order valence-corrected chi connectivity index (χ3v) is 3.32. The number of anilines is 1. The number of aliphatic hydroxyl groups is 1. The Morgan fingerprint density at radius 3 is 2.40 bits per heavy atom. The van der Waals surface area contributed by atoms with Gasteiger partial charge in [-0.3, -0.25) is 10.1 Å². The Bertz CT molecular complexity index is 502. The Labute approximate surface area is 116 Å². The lowest BCUT2D eigenvalue weighted by Crippen LogP contribution is -2.29. The molecule has 0 saturated heterocycles. The second-order valence-corrected chi connectivity index (χ2v) is 4.60. The summed E-state index contributed by atoms with van der Waals surface area (Å²) in [4.78, 5) is 12.7. The minimum atomic E-state index is -0.440. The van der Waals surface area contributed by atoms with Gasteiger partial charge in [0.05, 0.1) is 31.8 Å². The van der Waals surface area contributed by atoms with E-state index >= 15 is 0 Å². The number of rotatable bonds is 7. The monoisotopic (exact) mass is 282 g/mol. The molecule has 1 aliphatic rings. The van der Waals surface area contributed by atoms with E-state index in [0.29, 0.717) is 23.7 Å². The number of hydrogen-bond donors (Lipinski definition) is 1. The molecule has 0 atom stereocenters. The van der Waals surface area contributed by atoms with Crippen LogP contribution < -0.4 is 14.4 Å². The fourth-order valence-electron chi connectivity index (χ4n) is 2.23. The zero-order valence-corrected chi connectivity index (χ0v) is 11.5. The molecule has 1 N–H and O–H groups in total. The predicted molar refractivity (Wildman–Crippen MR) is 73.7 cm³/mol. The molecule has 110 valence electrons. The number of nitro groups is 1. The van der Waals surface area contributed by atoms with Crippen LogP contribution in [-0.2, 0) is 0 Å². The summed E-state index contributed by atoms with van der Waals surface area (Å²) >= 11 is 0. The van der Waals surface area contributed by atoms with Crippen LogP contribution in [0.15, 0.2) is 12.1 Å². The summed E-state index contributed by atoms with van der Waals surface area (Å²) in [7, 11) is 2.93. The Morgan fingerprint density at radius 1 is 1.35 bits per heavy atom. The Morgan fingerprint density at radius 2 is 1.95 bits per heavy atom. The zero-order valence-electron chi connectivity index (χ0n) is 11.5. The molecule has 20 heavy (non-hydrogen) atoms. The van der Waals surface area contributed by atoms with Gasteiger partial charge < -0.3 is 19.5 Å². The van der Waals surface area contributed by atoms with E-state index in [4.69, 9.17) is 14.6 Å². The van der Waals surface area contributed by atoms with Gasteiger partial charge in [-0.15, -0.1) is 0 Å². The van der Waals surface area contributed by atoms with E-state index in [9.17, 15) is 10.1 Å². The molecule has 1 aromatic rings. The second-order valence-electron chi connectivity index (χ2n) is 4.60. The molecule has 0 heterocycles. The molecule has 0 aromatic heterocycles. The van der Waals surface area contributed by atoms with E-state index in [0.717, 1.165) is 12.8 Å². The number of methoxy groups -OCH3 is 2. The van der Waals surface area contributed by atoms with Crippen molar-refractivity contribution in [2.75, 3.05) is 32.3 Å². The Kier molecular flexibility index (Phi) is 4.29. The second kappa shape index (κ2) is 5.96. The molecule has 0 spiro atoms. The summed E-state index contributed by atoms with van der Waals surface area (Å²) in [6.07, 6.45) is 1.96. The van der Waals surface area contributed by atoms with Crippen molar-refractivity contribution in [1.82, 2.24) is 0 Å². The molecule has 2 rings (SSSR count). The minimum absolute atomic E-state index is 0.0389. The molecule has 1 fully saturated rings. The van der Waals surface area contributed by atoms with Gasteiger partial charge in [-0.1, -0.05) is 0 Å². The maximum absolute atomic E-state index is 11.3. The smallest absolute Gasteiger partial charge is 0.296 e. The average molecular weight is 282 g/mol. The molecule has 1 aliphatic carbocycles. The van der Waals surface area contributed by atoms with Crippen LogP contribution in [0.2, 0.25) is 0 Å². The van der Waals surface area contributed by atoms with Crippen LogP contribution >= 0.6 is 0 Å². The maximum atomic E-state index is 11.3. The first-order valence-corrected chi connectivity index (χ1v) is 6.40. The summed E-state index contributed by atoms with van der Waals surface area (Å²) in [5.41, 5.74) is 0.423. The molecule has 0 amide bonds. The van der Waals surface area contributed by atoms with Crippen LogP contribution in [0.5, 0.6) is 11.5 Å². The van der Waals surface area contributed by atoms with Crippen molar-refractivity contribution in [3.63, 3.8) is 0 Å². The Balaban J connectivity index is 2.50. The van der Waals surface area contributed by atoms with Crippen LogP contribution in [0.1, 0.15) is 12.8 Å². The van der Waals surface area contributed by atoms with Crippen molar-refractivity contribution in [1.29, 1.82) is 0 Å². The van der Waals surface area contributed by atoms with Gasteiger partial charge in [-0.2, -0.15) is 0 Å². The fraction of sp³-hybridized carbons (Fsp3) is 0.538. The lowest BCUT2D eigenvalue weighted by Gasteiger charge is -2.24. The van der Waals surface area contributed by atoms with Gasteiger partial charge in [0.25, 0.3) is 5.69 Å². The zero-order chi connectivity index (χ0) is 14.7. The molecule has 1 saturated carbocycles. The molecule has 7 heteroatoms. The van der Waals surface area contributed by atoms with Gasteiger partial charge in [0, 0.05) is 18.7 Å². The third kappa shape index (κ3) is 2.77. The summed E-state index contributed by atoms with van der Waals surface area (Å²) in [6, 6.07) is 3.21. The van der Waals surface area contributed by atoms with E-state index in [2.05, 4.69) is 0 Å². The number of nitrogens with zero attached hydrogens (tertiary/aromatic N) is 2. The number of hydrogen-bond acceptors (Lipinski definition) is 6. The number of benzene rings is 1. The normalized spacial score (nSPS) is 13.9. The number of aliphatic hydroxyl groups excluding tert-OH is 1. The van der Waals surface area contributed by atoms with E-state index in [1.165, 1.54) is 20.3 Å². The average Bonchev–Trinajstić information content (AvgIpc) is 3.27. The van der Waals surface area contributed by atoms with E-state index < -0.39 is 4.92 Å². The summed E-state index contributed by atoms with van der Waals surface area (Å²) in [6.45, 7) is 0.309.